The molecule has 1 saturated heterocycles. The largest absolute Gasteiger partial charge is 0.315 e. The molecule has 0 spiro atoms. The summed E-state index contributed by atoms with van der Waals surface area (Å²) >= 11 is 0. The Kier molecular flexibility index (Phi) is 4.20. The van der Waals surface area contributed by atoms with Gasteiger partial charge in [0.2, 0.25) is 0 Å². The number of rotatable bonds is 5. The molecule has 1 atom stereocenters. The molecular formula is C11H24N2. The van der Waals surface area contributed by atoms with Gasteiger partial charge in [-0.05, 0) is 24.8 Å². The zero-order valence-corrected chi connectivity index (χ0v) is 9.32. The normalized spacial score (nSPS) is 26.5. The van der Waals surface area contributed by atoms with Crippen LogP contribution >= 0.6 is 0 Å². The van der Waals surface area contributed by atoms with Crippen molar-refractivity contribution in [2.45, 2.75) is 46.1 Å². The minimum Gasteiger partial charge on any atom is -0.315 e. The highest BCUT2D eigenvalue weighted by Crippen LogP contribution is 2.26. The van der Waals surface area contributed by atoms with Gasteiger partial charge in [-0.25, -0.2) is 0 Å². The summed E-state index contributed by atoms with van der Waals surface area (Å²) in [6, 6.07) is 0.701. The molecule has 0 aromatic heterocycles. The number of hydrogen-bond acceptors (Lipinski definition) is 2. The zero-order chi connectivity index (χ0) is 9.73. The van der Waals surface area contributed by atoms with Gasteiger partial charge >= 0.3 is 0 Å². The van der Waals surface area contributed by atoms with Gasteiger partial charge in [-0.15, -0.1) is 0 Å². The van der Waals surface area contributed by atoms with Gasteiger partial charge in [0.05, 0.1) is 0 Å². The number of hydrogen-bond donors (Lipinski definition) is 2. The van der Waals surface area contributed by atoms with Gasteiger partial charge in [0, 0.05) is 19.1 Å². The van der Waals surface area contributed by atoms with Crippen LogP contribution in [0, 0.1) is 5.41 Å². The van der Waals surface area contributed by atoms with Crippen molar-refractivity contribution in [1.82, 2.24) is 10.6 Å². The van der Waals surface area contributed by atoms with Crippen molar-refractivity contribution in [2.75, 3.05) is 19.6 Å². The highest BCUT2D eigenvalue weighted by Gasteiger charge is 2.29. The monoisotopic (exact) mass is 184 g/mol. The minimum absolute atomic E-state index is 0.511. The smallest absolute Gasteiger partial charge is 0.0198 e. The number of unbranched alkanes of at least 4 members (excludes halogenated alkanes) is 1. The van der Waals surface area contributed by atoms with Crippen LogP contribution in [0.25, 0.3) is 0 Å². The molecule has 0 aromatic rings. The Morgan fingerprint density at radius 3 is 2.77 bits per heavy atom. The first kappa shape index (κ1) is 11.0. The zero-order valence-electron chi connectivity index (χ0n) is 9.32. The fraction of sp³-hybridized carbons (Fsp3) is 1.00. The first-order valence-corrected chi connectivity index (χ1v) is 5.58. The fourth-order valence-electron chi connectivity index (χ4n) is 1.95. The topological polar surface area (TPSA) is 24.1 Å². The molecular weight excluding hydrogens is 160 g/mol. The summed E-state index contributed by atoms with van der Waals surface area (Å²) < 4.78 is 0. The van der Waals surface area contributed by atoms with Crippen LogP contribution in [-0.4, -0.2) is 25.7 Å². The van der Waals surface area contributed by atoms with E-state index >= 15 is 0 Å². The average molecular weight is 184 g/mol. The van der Waals surface area contributed by atoms with Crippen molar-refractivity contribution in [1.29, 1.82) is 0 Å². The second-order valence-electron chi connectivity index (χ2n) is 5.00. The molecule has 0 amide bonds. The van der Waals surface area contributed by atoms with Gasteiger partial charge in [-0.1, -0.05) is 27.2 Å². The summed E-state index contributed by atoms with van der Waals surface area (Å²) in [6.45, 7) is 10.4. The molecule has 2 heteroatoms. The van der Waals surface area contributed by atoms with E-state index in [4.69, 9.17) is 0 Å². The van der Waals surface area contributed by atoms with Gasteiger partial charge in [-0.3, -0.25) is 0 Å². The van der Waals surface area contributed by atoms with Crippen molar-refractivity contribution in [3.05, 3.63) is 0 Å². The Hall–Kier alpha value is -0.0800. The second kappa shape index (κ2) is 4.97. The summed E-state index contributed by atoms with van der Waals surface area (Å²) in [4.78, 5) is 0. The molecule has 2 nitrogen and oxygen atoms in total. The van der Waals surface area contributed by atoms with Crippen LogP contribution in [0.2, 0.25) is 0 Å². The molecule has 1 fully saturated rings. The SMILES string of the molecule is CCCCNCC1CC(C)(C)CN1. The minimum atomic E-state index is 0.511. The lowest BCUT2D eigenvalue weighted by Gasteiger charge is -2.15. The van der Waals surface area contributed by atoms with E-state index in [0.717, 1.165) is 6.54 Å². The van der Waals surface area contributed by atoms with Crippen molar-refractivity contribution in [2.24, 2.45) is 5.41 Å². The van der Waals surface area contributed by atoms with Crippen molar-refractivity contribution >= 4 is 0 Å². The van der Waals surface area contributed by atoms with E-state index in [2.05, 4.69) is 31.4 Å². The van der Waals surface area contributed by atoms with Gasteiger partial charge in [0.1, 0.15) is 0 Å². The molecule has 1 aliphatic heterocycles. The molecule has 0 aromatic carbocycles. The van der Waals surface area contributed by atoms with Gasteiger partial charge in [0.25, 0.3) is 0 Å². The predicted molar refractivity (Wildman–Crippen MR) is 58.0 cm³/mol. The Morgan fingerprint density at radius 2 is 2.23 bits per heavy atom. The summed E-state index contributed by atoms with van der Waals surface area (Å²) in [5, 5.41) is 7.06. The lowest BCUT2D eigenvalue weighted by Crippen LogP contribution is -2.34. The van der Waals surface area contributed by atoms with Crippen molar-refractivity contribution in [3.63, 3.8) is 0 Å². The van der Waals surface area contributed by atoms with E-state index in [-0.39, 0.29) is 0 Å². The maximum Gasteiger partial charge on any atom is 0.0198 e. The summed E-state index contributed by atoms with van der Waals surface area (Å²) in [6.07, 6.45) is 3.90. The molecule has 0 bridgehead atoms. The third-order valence-electron chi connectivity index (χ3n) is 2.77. The Balaban J connectivity index is 2.04. The van der Waals surface area contributed by atoms with E-state index < -0.39 is 0 Å². The molecule has 1 unspecified atom stereocenters. The summed E-state index contributed by atoms with van der Waals surface area (Å²) in [7, 11) is 0. The van der Waals surface area contributed by atoms with Crippen LogP contribution in [0.5, 0.6) is 0 Å². The Bertz CT molecular complexity index is 143. The van der Waals surface area contributed by atoms with Crippen LogP contribution in [0.4, 0.5) is 0 Å². The molecule has 2 N–H and O–H groups in total. The van der Waals surface area contributed by atoms with E-state index in [1.54, 1.807) is 0 Å². The molecule has 0 aliphatic carbocycles. The first-order chi connectivity index (χ1) is 6.14. The Morgan fingerprint density at radius 1 is 1.46 bits per heavy atom. The van der Waals surface area contributed by atoms with Crippen LogP contribution in [0.3, 0.4) is 0 Å². The third kappa shape index (κ3) is 4.10. The molecule has 1 aliphatic rings. The van der Waals surface area contributed by atoms with Crippen molar-refractivity contribution < 1.29 is 0 Å². The predicted octanol–water partition coefficient (Wildman–Crippen LogP) is 1.76. The highest BCUT2D eigenvalue weighted by molar-refractivity contribution is 4.88. The first-order valence-electron chi connectivity index (χ1n) is 5.58. The average Bonchev–Trinajstić information content (AvgIpc) is 2.40. The molecule has 1 rings (SSSR count). The highest BCUT2D eigenvalue weighted by atomic mass is 15.0. The standard InChI is InChI=1S/C11H24N2/c1-4-5-6-12-8-10-7-11(2,3)9-13-10/h10,12-13H,4-9H2,1-3H3. The molecule has 0 saturated carbocycles. The van der Waals surface area contributed by atoms with Gasteiger partial charge in [-0.2, -0.15) is 0 Å². The lowest BCUT2D eigenvalue weighted by atomic mass is 9.91. The summed E-state index contributed by atoms with van der Waals surface area (Å²) in [5.41, 5.74) is 0.511. The molecule has 1 heterocycles. The lowest BCUT2D eigenvalue weighted by molar-refractivity contribution is 0.397. The molecule has 13 heavy (non-hydrogen) atoms. The second-order valence-corrected chi connectivity index (χ2v) is 5.00. The quantitative estimate of drug-likeness (QED) is 0.636. The fourth-order valence-corrected chi connectivity index (χ4v) is 1.95. The van der Waals surface area contributed by atoms with Crippen molar-refractivity contribution in [3.8, 4) is 0 Å². The van der Waals surface area contributed by atoms with E-state index in [1.807, 2.05) is 0 Å². The van der Waals surface area contributed by atoms with Crippen LogP contribution < -0.4 is 10.6 Å². The van der Waals surface area contributed by atoms with Crippen LogP contribution in [-0.2, 0) is 0 Å². The third-order valence-corrected chi connectivity index (χ3v) is 2.77. The van der Waals surface area contributed by atoms with Crippen LogP contribution in [0.1, 0.15) is 40.0 Å². The van der Waals surface area contributed by atoms with Gasteiger partial charge in [0.15, 0.2) is 0 Å². The molecule has 0 radical (unpaired) electrons. The molecule has 78 valence electrons. The summed E-state index contributed by atoms with van der Waals surface area (Å²) in [5.74, 6) is 0. The van der Waals surface area contributed by atoms with E-state index in [1.165, 1.54) is 32.4 Å². The van der Waals surface area contributed by atoms with Gasteiger partial charge < -0.3 is 10.6 Å². The maximum atomic E-state index is 3.56. The van der Waals surface area contributed by atoms with Crippen LogP contribution in [0.15, 0.2) is 0 Å². The van der Waals surface area contributed by atoms with E-state index in [0.29, 0.717) is 11.5 Å². The maximum absolute atomic E-state index is 3.56. The number of nitrogens with one attached hydrogen (secondary N) is 2. The van der Waals surface area contributed by atoms with E-state index in [9.17, 15) is 0 Å². The Labute approximate surface area is 82.5 Å².